The summed E-state index contributed by atoms with van der Waals surface area (Å²) in [4.78, 5) is 7.57. The van der Waals surface area contributed by atoms with Crippen molar-refractivity contribution in [3.05, 3.63) is 45.9 Å². The molecule has 10 heteroatoms. The van der Waals surface area contributed by atoms with Crippen molar-refractivity contribution in [3.63, 3.8) is 0 Å². The van der Waals surface area contributed by atoms with Gasteiger partial charge in [0.15, 0.2) is 11.7 Å². The van der Waals surface area contributed by atoms with E-state index in [1.165, 1.54) is 0 Å². The first-order valence-corrected chi connectivity index (χ1v) is 8.97. The maximum absolute atomic E-state index is 12.5. The van der Waals surface area contributed by atoms with Gasteiger partial charge in [0.2, 0.25) is 0 Å². The molecule has 0 amide bonds. The van der Waals surface area contributed by atoms with Crippen molar-refractivity contribution in [2.45, 2.75) is 19.3 Å². The van der Waals surface area contributed by atoms with Crippen LogP contribution in [0.15, 0.2) is 34.6 Å². The van der Waals surface area contributed by atoms with Crippen molar-refractivity contribution in [3.8, 4) is 5.75 Å². The molecule has 0 unspecified atom stereocenters. The van der Waals surface area contributed by atoms with Gasteiger partial charge >= 0.3 is 6.18 Å². The minimum Gasteiger partial charge on any atom is -0.496 e. The molecular formula is C17H21F3N4O2S. The lowest BCUT2D eigenvalue weighted by Gasteiger charge is -2.12. The van der Waals surface area contributed by atoms with E-state index in [2.05, 4.69) is 20.6 Å². The number of nitrogens with one attached hydrogen (secondary N) is 2. The van der Waals surface area contributed by atoms with Crippen molar-refractivity contribution in [1.29, 1.82) is 0 Å². The molecule has 0 fully saturated rings. The van der Waals surface area contributed by atoms with Crippen molar-refractivity contribution in [2.75, 3.05) is 27.3 Å². The van der Waals surface area contributed by atoms with Gasteiger partial charge in [-0.3, -0.25) is 4.99 Å². The lowest BCUT2D eigenvalue weighted by molar-refractivity contribution is -0.140. The first-order chi connectivity index (χ1) is 12.9. The second-order valence-electron chi connectivity index (χ2n) is 5.34. The molecule has 0 aliphatic carbocycles. The van der Waals surface area contributed by atoms with E-state index < -0.39 is 11.9 Å². The zero-order valence-electron chi connectivity index (χ0n) is 15.0. The molecule has 0 spiro atoms. The van der Waals surface area contributed by atoms with Gasteiger partial charge in [0.05, 0.1) is 26.9 Å². The Morgan fingerprint density at radius 2 is 2.04 bits per heavy atom. The number of aliphatic imine (C=N–C) groups is 1. The van der Waals surface area contributed by atoms with Crippen LogP contribution in [-0.2, 0) is 24.1 Å². The normalized spacial score (nSPS) is 12.1. The molecule has 0 aliphatic heterocycles. The average Bonchev–Trinajstić information content (AvgIpc) is 3.13. The van der Waals surface area contributed by atoms with Crippen LogP contribution in [0.5, 0.6) is 5.75 Å². The maximum Gasteiger partial charge on any atom is 0.434 e. The number of aromatic nitrogens is 1. The fraction of sp³-hybridized carbons (Fsp3) is 0.412. The second kappa shape index (κ2) is 10.1. The molecule has 0 bridgehead atoms. The van der Waals surface area contributed by atoms with E-state index in [1.54, 1.807) is 14.2 Å². The van der Waals surface area contributed by atoms with E-state index in [0.717, 1.165) is 28.0 Å². The number of methoxy groups -OCH3 is 1. The summed E-state index contributed by atoms with van der Waals surface area (Å²) in [5, 5.41) is 7.28. The highest BCUT2D eigenvalue weighted by Gasteiger charge is 2.33. The SMILES string of the molecule is CN=C(NCCOCc1ccccc1OC)NCc1nc(C(F)(F)F)cs1. The molecule has 2 N–H and O–H groups in total. The molecule has 2 rings (SSSR count). The smallest absolute Gasteiger partial charge is 0.434 e. The van der Waals surface area contributed by atoms with E-state index in [4.69, 9.17) is 9.47 Å². The predicted octanol–water partition coefficient (Wildman–Crippen LogP) is 3.05. The molecule has 0 saturated carbocycles. The lowest BCUT2D eigenvalue weighted by atomic mass is 10.2. The zero-order chi connectivity index (χ0) is 19.7. The Kier molecular flexibility index (Phi) is 7.86. The molecular weight excluding hydrogens is 381 g/mol. The molecule has 27 heavy (non-hydrogen) atoms. The van der Waals surface area contributed by atoms with Crippen LogP contribution < -0.4 is 15.4 Å². The minimum atomic E-state index is -4.42. The molecule has 0 atom stereocenters. The Balaban J connectivity index is 1.69. The van der Waals surface area contributed by atoms with Gasteiger partial charge in [0, 0.05) is 24.5 Å². The molecule has 2 aromatic rings. The fourth-order valence-electron chi connectivity index (χ4n) is 2.15. The van der Waals surface area contributed by atoms with Gasteiger partial charge in [0.1, 0.15) is 10.8 Å². The molecule has 1 heterocycles. The van der Waals surface area contributed by atoms with Gasteiger partial charge in [-0.25, -0.2) is 4.98 Å². The summed E-state index contributed by atoms with van der Waals surface area (Å²) in [5.74, 6) is 1.23. The summed E-state index contributed by atoms with van der Waals surface area (Å²) in [7, 11) is 3.18. The summed E-state index contributed by atoms with van der Waals surface area (Å²) in [6.07, 6.45) is -4.42. The van der Waals surface area contributed by atoms with Crippen LogP contribution in [0.3, 0.4) is 0 Å². The lowest BCUT2D eigenvalue weighted by Crippen LogP contribution is -2.38. The predicted molar refractivity (Wildman–Crippen MR) is 98.0 cm³/mol. The van der Waals surface area contributed by atoms with Crippen LogP contribution in [0, 0.1) is 0 Å². The van der Waals surface area contributed by atoms with E-state index in [-0.39, 0.29) is 6.54 Å². The van der Waals surface area contributed by atoms with E-state index >= 15 is 0 Å². The number of thiazole rings is 1. The summed E-state index contributed by atoms with van der Waals surface area (Å²) in [6, 6.07) is 7.59. The number of para-hydroxylation sites is 1. The number of guanidine groups is 1. The van der Waals surface area contributed by atoms with Crippen molar-refractivity contribution < 1.29 is 22.6 Å². The number of benzene rings is 1. The third kappa shape index (κ3) is 6.72. The first-order valence-electron chi connectivity index (χ1n) is 8.09. The zero-order valence-corrected chi connectivity index (χ0v) is 15.8. The summed E-state index contributed by atoms with van der Waals surface area (Å²) in [6.45, 7) is 1.48. The molecule has 6 nitrogen and oxygen atoms in total. The Hall–Kier alpha value is -2.33. The molecule has 0 radical (unpaired) electrons. The third-order valence-electron chi connectivity index (χ3n) is 3.46. The van der Waals surface area contributed by atoms with Crippen molar-refractivity contribution in [1.82, 2.24) is 15.6 Å². The second-order valence-corrected chi connectivity index (χ2v) is 6.28. The summed E-state index contributed by atoms with van der Waals surface area (Å²) >= 11 is 0.949. The molecule has 0 aliphatic rings. The minimum absolute atomic E-state index is 0.155. The number of ether oxygens (including phenoxy) is 2. The largest absolute Gasteiger partial charge is 0.496 e. The third-order valence-corrected chi connectivity index (χ3v) is 4.31. The van der Waals surface area contributed by atoms with E-state index in [0.29, 0.717) is 30.7 Å². The number of alkyl halides is 3. The van der Waals surface area contributed by atoms with Crippen molar-refractivity contribution in [2.24, 2.45) is 4.99 Å². The van der Waals surface area contributed by atoms with E-state index in [1.807, 2.05) is 24.3 Å². The van der Waals surface area contributed by atoms with Crippen molar-refractivity contribution >= 4 is 17.3 Å². The Labute approximate surface area is 159 Å². The van der Waals surface area contributed by atoms with Crippen LogP contribution in [0.4, 0.5) is 13.2 Å². The van der Waals surface area contributed by atoms with Crippen LogP contribution >= 0.6 is 11.3 Å². The van der Waals surface area contributed by atoms with Gasteiger partial charge in [-0.1, -0.05) is 18.2 Å². The van der Waals surface area contributed by atoms with E-state index in [9.17, 15) is 13.2 Å². The fourth-order valence-corrected chi connectivity index (χ4v) is 2.89. The number of nitrogens with zero attached hydrogens (tertiary/aromatic N) is 2. The molecule has 1 aromatic carbocycles. The van der Waals surface area contributed by atoms with Gasteiger partial charge in [-0.2, -0.15) is 13.2 Å². The highest BCUT2D eigenvalue weighted by Crippen LogP contribution is 2.29. The highest BCUT2D eigenvalue weighted by atomic mass is 32.1. The van der Waals surface area contributed by atoms with Gasteiger partial charge in [-0.15, -0.1) is 11.3 Å². The standard InChI is InChI=1S/C17H21F3N4O2S/c1-21-16(23-9-15-24-14(11-27-15)17(18,19)20)22-7-8-26-10-12-5-3-4-6-13(12)25-2/h3-6,11H,7-10H2,1-2H3,(H2,21,22,23). The van der Waals surface area contributed by atoms with Gasteiger partial charge in [0.25, 0.3) is 0 Å². The van der Waals surface area contributed by atoms with Crippen LogP contribution in [0.1, 0.15) is 16.3 Å². The number of hydrogen-bond acceptors (Lipinski definition) is 5. The number of rotatable bonds is 8. The van der Waals surface area contributed by atoms with Crippen LogP contribution in [-0.4, -0.2) is 38.3 Å². The topological polar surface area (TPSA) is 67.8 Å². The van der Waals surface area contributed by atoms with Crippen LogP contribution in [0.2, 0.25) is 0 Å². The summed E-state index contributed by atoms with van der Waals surface area (Å²) < 4.78 is 48.5. The molecule has 1 aromatic heterocycles. The molecule has 0 saturated heterocycles. The first kappa shape index (κ1) is 21.0. The Bertz CT molecular complexity index is 750. The maximum atomic E-state index is 12.5. The number of hydrogen-bond donors (Lipinski definition) is 2. The Morgan fingerprint density at radius 3 is 2.70 bits per heavy atom. The highest BCUT2D eigenvalue weighted by molar-refractivity contribution is 7.09. The number of halogens is 3. The van der Waals surface area contributed by atoms with Gasteiger partial charge in [-0.05, 0) is 6.07 Å². The monoisotopic (exact) mass is 402 g/mol. The van der Waals surface area contributed by atoms with Crippen LogP contribution in [0.25, 0.3) is 0 Å². The summed E-state index contributed by atoms with van der Waals surface area (Å²) in [5.41, 5.74) is 0.0729. The Morgan fingerprint density at radius 1 is 1.26 bits per heavy atom. The quantitative estimate of drug-likeness (QED) is 0.404. The molecule has 148 valence electrons. The average molecular weight is 402 g/mol. The van der Waals surface area contributed by atoms with Gasteiger partial charge < -0.3 is 20.1 Å².